The van der Waals surface area contributed by atoms with E-state index in [9.17, 15) is 13.2 Å². The van der Waals surface area contributed by atoms with E-state index < -0.39 is 10.0 Å². The molecule has 1 aliphatic heterocycles. The van der Waals surface area contributed by atoms with E-state index in [2.05, 4.69) is 5.32 Å². The van der Waals surface area contributed by atoms with Gasteiger partial charge in [-0.2, -0.15) is 4.31 Å². The third-order valence-electron chi connectivity index (χ3n) is 3.85. The average molecular weight is 339 g/mol. The SMILES string of the molecule is CC(N)CC(=O)NCc1cccc(S(=O)(=O)N2CCCCC2)c1. The number of benzene rings is 1. The lowest BCUT2D eigenvalue weighted by Gasteiger charge is -2.26. The van der Waals surface area contributed by atoms with Crippen molar-refractivity contribution in [3.63, 3.8) is 0 Å². The van der Waals surface area contributed by atoms with Crippen LogP contribution in [-0.2, 0) is 21.4 Å². The van der Waals surface area contributed by atoms with Gasteiger partial charge in [-0.1, -0.05) is 18.6 Å². The molecular weight excluding hydrogens is 314 g/mol. The van der Waals surface area contributed by atoms with E-state index in [0.717, 1.165) is 24.8 Å². The number of nitrogens with one attached hydrogen (secondary N) is 1. The van der Waals surface area contributed by atoms with Gasteiger partial charge in [-0.15, -0.1) is 0 Å². The van der Waals surface area contributed by atoms with Crippen LogP contribution in [0.3, 0.4) is 0 Å². The van der Waals surface area contributed by atoms with E-state index in [1.807, 2.05) is 0 Å². The molecule has 0 bridgehead atoms. The molecule has 1 aromatic rings. The Morgan fingerprint density at radius 2 is 2.00 bits per heavy atom. The minimum atomic E-state index is -3.44. The van der Waals surface area contributed by atoms with Crippen LogP contribution in [-0.4, -0.2) is 37.8 Å². The fourth-order valence-electron chi connectivity index (χ4n) is 2.64. The molecule has 1 heterocycles. The first kappa shape index (κ1) is 17.9. The molecule has 1 fully saturated rings. The number of amides is 1. The predicted molar refractivity (Wildman–Crippen MR) is 89.2 cm³/mol. The summed E-state index contributed by atoms with van der Waals surface area (Å²) in [7, 11) is -3.44. The standard InChI is InChI=1S/C16H25N3O3S/c1-13(17)10-16(20)18-12-14-6-5-7-15(11-14)23(21,22)19-8-3-2-4-9-19/h5-7,11,13H,2-4,8-10,12,17H2,1H3,(H,18,20). The lowest BCUT2D eigenvalue weighted by Crippen LogP contribution is -2.35. The Balaban J connectivity index is 2.05. The van der Waals surface area contributed by atoms with Crippen LogP contribution in [0.15, 0.2) is 29.2 Å². The van der Waals surface area contributed by atoms with Crippen LogP contribution in [0.1, 0.15) is 38.2 Å². The van der Waals surface area contributed by atoms with Gasteiger partial charge >= 0.3 is 0 Å². The number of nitrogens with two attached hydrogens (primary N) is 1. The highest BCUT2D eigenvalue weighted by Crippen LogP contribution is 2.21. The summed E-state index contributed by atoms with van der Waals surface area (Å²) in [5.41, 5.74) is 6.35. The van der Waals surface area contributed by atoms with Gasteiger partial charge < -0.3 is 11.1 Å². The Morgan fingerprint density at radius 3 is 2.65 bits per heavy atom. The Kier molecular flexibility index (Phi) is 6.15. The zero-order valence-corrected chi connectivity index (χ0v) is 14.3. The van der Waals surface area contributed by atoms with Gasteiger partial charge in [0.05, 0.1) is 4.90 Å². The summed E-state index contributed by atoms with van der Waals surface area (Å²) in [6, 6.07) is 6.57. The first-order valence-electron chi connectivity index (χ1n) is 8.01. The van der Waals surface area contributed by atoms with Gasteiger partial charge in [0.15, 0.2) is 0 Å². The zero-order chi connectivity index (χ0) is 16.9. The first-order chi connectivity index (χ1) is 10.9. The fourth-order valence-corrected chi connectivity index (χ4v) is 4.22. The molecule has 0 spiro atoms. The van der Waals surface area contributed by atoms with Crippen molar-refractivity contribution >= 4 is 15.9 Å². The molecule has 1 aliphatic rings. The summed E-state index contributed by atoms with van der Waals surface area (Å²) >= 11 is 0. The summed E-state index contributed by atoms with van der Waals surface area (Å²) in [4.78, 5) is 11.9. The van der Waals surface area contributed by atoms with E-state index >= 15 is 0 Å². The van der Waals surface area contributed by atoms with Crippen molar-refractivity contribution < 1.29 is 13.2 Å². The van der Waals surface area contributed by atoms with Crippen LogP contribution < -0.4 is 11.1 Å². The molecule has 1 aromatic carbocycles. The van der Waals surface area contributed by atoms with Crippen LogP contribution in [0, 0.1) is 0 Å². The molecule has 6 nitrogen and oxygen atoms in total. The van der Waals surface area contributed by atoms with Gasteiger partial charge in [-0.3, -0.25) is 4.79 Å². The second kappa shape index (κ2) is 7.90. The number of nitrogens with zero attached hydrogens (tertiary/aromatic N) is 1. The van der Waals surface area contributed by atoms with Crippen LogP contribution >= 0.6 is 0 Å². The molecule has 0 radical (unpaired) electrons. The van der Waals surface area contributed by atoms with Crippen molar-refractivity contribution in [1.82, 2.24) is 9.62 Å². The zero-order valence-electron chi connectivity index (χ0n) is 13.5. The van der Waals surface area contributed by atoms with Gasteiger partial charge in [-0.25, -0.2) is 8.42 Å². The minimum Gasteiger partial charge on any atom is -0.352 e. The number of sulfonamides is 1. The Morgan fingerprint density at radius 1 is 1.30 bits per heavy atom. The van der Waals surface area contributed by atoms with E-state index in [1.54, 1.807) is 35.5 Å². The molecule has 0 aromatic heterocycles. The third kappa shape index (κ3) is 5.02. The molecule has 0 saturated carbocycles. The van der Waals surface area contributed by atoms with Crippen molar-refractivity contribution in [2.45, 2.75) is 50.1 Å². The Labute approximate surface area is 138 Å². The highest BCUT2D eigenvalue weighted by atomic mass is 32.2. The van der Waals surface area contributed by atoms with Gasteiger partial charge in [0.1, 0.15) is 0 Å². The summed E-state index contributed by atoms with van der Waals surface area (Å²) in [5.74, 6) is -0.135. The number of hydrogen-bond acceptors (Lipinski definition) is 4. The molecule has 1 saturated heterocycles. The summed E-state index contributed by atoms with van der Waals surface area (Å²) < 4.78 is 26.8. The summed E-state index contributed by atoms with van der Waals surface area (Å²) in [6.07, 6.45) is 3.15. The van der Waals surface area contributed by atoms with Gasteiger partial charge in [0.2, 0.25) is 15.9 Å². The average Bonchev–Trinajstić information content (AvgIpc) is 2.53. The molecule has 3 N–H and O–H groups in total. The highest BCUT2D eigenvalue weighted by molar-refractivity contribution is 7.89. The molecule has 2 rings (SSSR count). The molecule has 1 unspecified atom stereocenters. The largest absolute Gasteiger partial charge is 0.352 e. The minimum absolute atomic E-state index is 0.135. The maximum absolute atomic E-state index is 12.6. The van der Waals surface area contributed by atoms with Crippen LogP contribution in [0.5, 0.6) is 0 Å². The number of hydrogen-bond donors (Lipinski definition) is 2. The van der Waals surface area contributed by atoms with Crippen LogP contribution in [0.4, 0.5) is 0 Å². The van der Waals surface area contributed by atoms with E-state index in [1.165, 1.54) is 0 Å². The van der Waals surface area contributed by atoms with Crippen molar-refractivity contribution in [2.75, 3.05) is 13.1 Å². The second-order valence-electron chi connectivity index (χ2n) is 6.07. The van der Waals surface area contributed by atoms with E-state index in [0.29, 0.717) is 24.5 Å². The fraction of sp³-hybridized carbons (Fsp3) is 0.562. The van der Waals surface area contributed by atoms with E-state index in [-0.39, 0.29) is 18.4 Å². The summed E-state index contributed by atoms with van der Waals surface area (Å²) in [6.45, 7) is 3.23. The molecule has 1 atom stereocenters. The van der Waals surface area contributed by atoms with Crippen molar-refractivity contribution in [3.05, 3.63) is 29.8 Å². The third-order valence-corrected chi connectivity index (χ3v) is 5.74. The van der Waals surface area contributed by atoms with Gasteiger partial charge in [-0.05, 0) is 37.5 Å². The van der Waals surface area contributed by atoms with E-state index in [4.69, 9.17) is 5.73 Å². The second-order valence-corrected chi connectivity index (χ2v) is 8.01. The molecular formula is C16H25N3O3S. The maximum atomic E-state index is 12.6. The summed E-state index contributed by atoms with van der Waals surface area (Å²) in [5, 5.41) is 2.76. The number of carbonyl (C=O) groups excluding carboxylic acids is 1. The molecule has 0 aliphatic carbocycles. The quantitative estimate of drug-likeness (QED) is 0.815. The molecule has 7 heteroatoms. The predicted octanol–water partition coefficient (Wildman–Crippen LogP) is 1.21. The Bertz CT molecular complexity index is 638. The molecule has 1 amide bonds. The monoisotopic (exact) mass is 339 g/mol. The lowest BCUT2D eigenvalue weighted by molar-refractivity contribution is -0.121. The van der Waals surface area contributed by atoms with Crippen molar-refractivity contribution in [3.8, 4) is 0 Å². The highest BCUT2D eigenvalue weighted by Gasteiger charge is 2.25. The number of carbonyl (C=O) groups is 1. The number of piperidine rings is 1. The van der Waals surface area contributed by atoms with Crippen LogP contribution in [0.25, 0.3) is 0 Å². The van der Waals surface area contributed by atoms with Crippen LogP contribution in [0.2, 0.25) is 0 Å². The maximum Gasteiger partial charge on any atom is 0.243 e. The van der Waals surface area contributed by atoms with Gasteiger partial charge in [0.25, 0.3) is 0 Å². The topological polar surface area (TPSA) is 92.5 Å². The lowest BCUT2D eigenvalue weighted by atomic mass is 10.2. The van der Waals surface area contributed by atoms with Gasteiger partial charge in [0, 0.05) is 32.1 Å². The van der Waals surface area contributed by atoms with Crippen molar-refractivity contribution in [1.29, 1.82) is 0 Å². The number of rotatable bonds is 6. The molecule has 128 valence electrons. The van der Waals surface area contributed by atoms with Crippen molar-refractivity contribution in [2.24, 2.45) is 5.73 Å². The normalized spacial score (nSPS) is 17.7. The molecule has 23 heavy (non-hydrogen) atoms. The first-order valence-corrected chi connectivity index (χ1v) is 9.45. The Hall–Kier alpha value is -1.44. The smallest absolute Gasteiger partial charge is 0.243 e.